The van der Waals surface area contributed by atoms with Crippen molar-refractivity contribution in [1.82, 2.24) is 9.88 Å². The molecule has 164 valence electrons. The lowest BCUT2D eigenvalue weighted by Gasteiger charge is -2.24. The lowest BCUT2D eigenvalue weighted by atomic mass is 10.2. The van der Waals surface area contributed by atoms with Crippen molar-refractivity contribution in [2.45, 2.75) is 43.9 Å². The van der Waals surface area contributed by atoms with Gasteiger partial charge in [0.25, 0.3) is 0 Å². The van der Waals surface area contributed by atoms with Crippen LogP contribution < -0.4 is 14.8 Å². The quantitative estimate of drug-likeness (QED) is 0.742. The summed E-state index contributed by atoms with van der Waals surface area (Å²) in [4.78, 5) is 30.3. The average molecular weight is 435 g/mol. The number of benzene rings is 1. The second-order valence-electron chi connectivity index (χ2n) is 7.42. The molecule has 0 unspecified atom stereocenters. The number of nitrogens with zero attached hydrogens (tertiary/aromatic N) is 2. The van der Waals surface area contributed by atoms with Crippen molar-refractivity contribution in [2.75, 3.05) is 12.4 Å². The molecule has 2 aliphatic rings. The molecule has 1 atom stereocenters. The van der Waals surface area contributed by atoms with Gasteiger partial charge in [-0.2, -0.15) is 13.2 Å². The van der Waals surface area contributed by atoms with Crippen molar-refractivity contribution >= 4 is 17.5 Å². The van der Waals surface area contributed by atoms with Crippen LogP contribution in [-0.4, -0.2) is 40.9 Å². The molecule has 0 bridgehead atoms. The Kier molecular flexibility index (Phi) is 5.47. The molecule has 0 spiro atoms. The molecule has 1 saturated heterocycles. The zero-order chi connectivity index (χ0) is 22.2. The molecule has 10 heteroatoms. The average Bonchev–Trinajstić information content (AvgIpc) is 3.49. The van der Waals surface area contributed by atoms with Crippen LogP contribution in [0.3, 0.4) is 0 Å². The molecule has 4 rings (SSSR count). The molecule has 31 heavy (non-hydrogen) atoms. The van der Waals surface area contributed by atoms with E-state index in [2.05, 4.69) is 10.3 Å². The van der Waals surface area contributed by atoms with E-state index < -0.39 is 17.8 Å². The van der Waals surface area contributed by atoms with Gasteiger partial charge in [-0.25, -0.2) is 4.98 Å². The summed E-state index contributed by atoms with van der Waals surface area (Å²) in [6.45, 7) is 0. The number of alkyl halides is 3. The van der Waals surface area contributed by atoms with Gasteiger partial charge in [0, 0.05) is 30.8 Å². The fourth-order valence-corrected chi connectivity index (χ4v) is 3.56. The van der Waals surface area contributed by atoms with Crippen LogP contribution >= 0.6 is 0 Å². The first kappa shape index (κ1) is 21.0. The van der Waals surface area contributed by atoms with E-state index in [4.69, 9.17) is 9.47 Å². The molecule has 2 heterocycles. The minimum absolute atomic E-state index is 0.0138. The smallest absolute Gasteiger partial charge is 0.417 e. The zero-order valence-electron chi connectivity index (χ0n) is 16.6. The van der Waals surface area contributed by atoms with Gasteiger partial charge in [0.05, 0.1) is 18.4 Å². The van der Waals surface area contributed by atoms with Crippen LogP contribution in [0.5, 0.6) is 17.4 Å². The SMILES string of the molecule is COc1ccc(Oc2ccc(C(F)(F)F)cn2)cc1NC(=O)[C@H]1CCC(=O)N1C1CC1. The van der Waals surface area contributed by atoms with Crippen molar-refractivity contribution in [3.63, 3.8) is 0 Å². The van der Waals surface area contributed by atoms with Gasteiger partial charge in [-0.1, -0.05) is 0 Å². The van der Waals surface area contributed by atoms with Gasteiger partial charge in [-0.3, -0.25) is 9.59 Å². The summed E-state index contributed by atoms with van der Waals surface area (Å²) >= 11 is 0. The van der Waals surface area contributed by atoms with Gasteiger partial charge in [0.1, 0.15) is 17.5 Å². The molecule has 1 aromatic carbocycles. The molecule has 1 aliphatic heterocycles. The molecule has 1 N–H and O–H groups in total. The normalized spacial score (nSPS) is 18.8. The molecule has 1 saturated carbocycles. The first-order valence-corrected chi connectivity index (χ1v) is 9.77. The molecule has 1 aromatic heterocycles. The van der Waals surface area contributed by atoms with E-state index in [0.717, 1.165) is 25.0 Å². The Balaban J connectivity index is 1.50. The Morgan fingerprint density at radius 3 is 2.58 bits per heavy atom. The van der Waals surface area contributed by atoms with Gasteiger partial charge in [0.15, 0.2) is 0 Å². The molecular weight excluding hydrogens is 415 g/mol. The summed E-state index contributed by atoms with van der Waals surface area (Å²) in [6, 6.07) is 6.19. The third-order valence-corrected chi connectivity index (χ3v) is 5.21. The fourth-order valence-electron chi connectivity index (χ4n) is 3.56. The van der Waals surface area contributed by atoms with Gasteiger partial charge < -0.3 is 19.7 Å². The molecular formula is C21H20F3N3O4. The van der Waals surface area contributed by atoms with Crippen LogP contribution in [0.1, 0.15) is 31.2 Å². The number of anilines is 1. The number of hydrogen-bond donors (Lipinski definition) is 1. The number of methoxy groups -OCH3 is 1. The Labute approximate surface area is 176 Å². The highest BCUT2D eigenvalue weighted by Crippen LogP contribution is 2.36. The van der Waals surface area contributed by atoms with E-state index in [1.165, 1.54) is 13.2 Å². The summed E-state index contributed by atoms with van der Waals surface area (Å²) in [5.74, 6) is 0.269. The van der Waals surface area contributed by atoms with Crippen molar-refractivity contribution < 1.29 is 32.2 Å². The van der Waals surface area contributed by atoms with E-state index >= 15 is 0 Å². The number of amides is 2. The van der Waals surface area contributed by atoms with Crippen LogP contribution in [0.2, 0.25) is 0 Å². The maximum absolute atomic E-state index is 12.9. The molecule has 7 nitrogen and oxygen atoms in total. The summed E-state index contributed by atoms with van der Waals surface area (Å²) in [5.41, 5.74) is -0.555. The number of pyridine rings is 1. The number of halogens is 3. The molecule has 2 amide bonds. The third-order valence-electron chi connectivity index (χ3n) is 5.21. The first-order chi connectivity index (χ1) is 14.8. The maximum Gasteiger partial charge on any atom is 0.417 e. The van der Waals surface area contributed by atoms with Crippen molar-refractivity contribution in [1.29, 1.82) is 0 Å². The summed E-state index contributed by atoms with van der Waals surface area (Å²) in [6.07, 6.45) is -1.20. The Bertz CT molecular complexity index is 990. The summed E-state index contributed by atoms with van der Waals surface area (Å²) in [5, 5.41) is 2.78. The number of nitrogens with one attached hydrogen (secondary N) is 1. The summed E-state index contributed by atoms with van der Waals surface area (Å²) in [7, 11) is 1.44. The molecule has 1 aliphatic carbocycles. The number of hydrogen-bond acceptors (Lipinski definition) is 5. The second kappa shape index (κ2) is 8.09. The number of rotatable bonds is 6. The highest BCUT2D eigenvalue weighted by atomic mass is 19.4. The zero-order valence-corrected chi connectivity index (χ0v) is 16.6. The lowest BCUT2D eigenvalue weighted by Crippen LogP contribution is -2.42. The topological polar surface area (TPSA) is 80.8 Å². The van der Waals surface area contributed by atoms with Gasteiger partial charge in [-0.15, -0.1) is 0 Å². The number of ether oxygens (including phenoxy) is 2. The van der Waals surface area contributed by atoms with Crippen LogP contribution in [0.25, 0.3) is 0 Å². The third kappa shape index (κ3) is 4.57. The Morgan fingerprint density at radius 2 is 1.97 bits per heavy atom. The number of carbonyl (C=O) groups excluding carboxylic acids is 2. The standard InChI is InChI=1S/C21H20F3N3O4/c1-30-17-7-5-14(31-18-8-2-12(11-25-18)21(22,23)24)10-15(17)26-20(29)16-6-9-19(28)27(16)13-3-4-13/h2,5,7-8,10-11,13,16H,3-4,6,9H2,1H3,(H,26,29)/t16-/m1/s1. The second-order valence-corrected chi connectivity index (χ2v) is 7.42. The predicted octanol–water partition coefficient (Wildman–Crippen LogP) is 3.99. The van der Waals surface area contributed by atoms with Crippen LogP contribution in [-0.2, 0) is 15.8 Å². The van der Waals surface area contributed by atoms with E-state index in [9.17, 15) is 22.8 Å². The largest absolute Gasteiger partial charge is 0.495 e. The minimum atomic E-state index is -4.49. The van der Waals surface area contributed by atoms with Crippen LogP contribution in [0, 0.1) is 0 Å². The minimum Gasteiger partial charge on any atom is -0.495 e. The van der Waals surface area contributed by atoms with Gasteiger partial charge >= 0.3 is 6.18 Å². The summed E-state index contributed by atoms with van der Waals surface area (Å²) < 4.78 is 48.8. The predicted molar refractivity (Wildman–Crippen MR) is 104 cm³/mol. The first-order valence-electron chi connectivity index (χ1n) is 9.77. The van der Waals surface area contributed by atoms with Gasteiger partial charge in [-0.05, 0) is 37.5 Å². The molecule has 0 radical (unpaired) electrons. The maximum atomic E-state index is 12.9. The highest BCUT2D eigenvalue weighted by Gasteiger charge is 2.44. The molecule has 2 aromatic rings. The fraction of sp³-hybridized carbons (Fsp3) is 0.381. The van der Waals surface area contributed by atoms with Crippen LogP contribution in [0.4, 0.5) is 18.9 Å². The van der Waals surface area contributed by atoms with Crippen molar-refractivity contribution in [2.24, 2.45) is 0 Å². The van der Waals surface area contributed by atoms with E-state index in [0.29, 0.717) is 30.5 Å². The Hall–Kier alpha value is -3.30. The van der Waals surface area contributed by atoms with E-state index in [1.807, 2.05) is 0 Å². The van der Waals surface area contributed by atoms with E-state index in [1.54, 1.807) is 17.0 Å². The van der Waals surface area contributed by atoms with E-state index in [-0.39, 0.29) is 29.5 Å². The van der Waals surface area contributed by atoms with Crippen LogP contribution in [0.15, 0.2) is 36.5 Å². The van der Waals surface area contributed by atoms with Crippen molar-refractivity contribution in [3.8, 4) is 17.4 Å². The number of likely N-dealkylation sites (tertiary alicyclic amines) is 1. The monoisotopic (exact) mass is 435 g/mol. The highest BCUT2D eigenvalue weighted by molar-refractivity contribution is 6.00. The van der Waals surface area contributed by atoms with Gasteiger partial charge in [0.2, 0.25) is 17.7 Å². The number of aromatic nitrogens is 1. The number of carbonyl (C=O) groups is 2. The Morgan fingerprint density at radius 1 is 1.19 bits per heavy atom. The lowest BCUT2D eigenvalue weighted by molar-refractivity contribution is -0.137. The van der Waals surface area contributed by atoms with Crippen molar-refractivity contribution in [3.05, 3.63) is 42.1 Å². The molecule has 2 fully saturated rings.